The lowest BCUT2D eigenvalue weighted by atomic mass is 9.70. The molecule has 0 amide bonds. The van der Waals surface area contributed by atoms with E-state index in [1.165, 1.54) is 19.3 Å². The van der Waals surface area contributed by atoms with Crippen molar-refractivity contribution in [2.75, 3.05) is 0 Å². The van der Waals surface area contributed by atoms with E-state index in [1.807, 2.05) is 0 Å². The van der Waals surface area contributed by atoms with Crippen molar-refractivity contribution in [2.24, 2.45) is 16.7 Å². The van der Waals surface area contributed by atoms with E-state index in [2.05, 4.69) is 20.8 Å². The average molecular weight is 154 g/mol. The summed E-state index contributed by atoms with van der Waals surface area (Å²) in [5.74, 6) is 0.780. The zero-order chi connectivity index (χ0) is 8.28. The lowest BCUT2D eigenvalue weighted by Crippen LogP contribution is -2.39. The van der Waals surface area contributed by atoms with Gasteiger partial charge in [0.2, 0.25) is 0 Å². The van der Waals surface area contributed by atoms with Crippen molar-refractivity contribution in [3.05, 3.63) is 0 Å². The first-order valence-electron chi connectivity index (χ1n) is 4.65. The molecule has 0 aromatic rings. The molecular weight excluding hydrogens is 136 g/mol. The van der Waals surface area contributed by atoms with E-state index in [0.717, 1.165) is 5.92 Å². The highest BCUT2D eigenvalue weighted by Crippen LogP contribution is 2.62. The van der Waals surface area contributed by atoms with Gasteiger partial charge >= 0.3 is 0 Å². The van der Waals surface area contributed by atoms with Gasteiger partial charge in [-0.2, -0.15) is 0 Å². The highest BCUT2D eigenvalue weighted by Gasteiger charge is 2.58. The molecule has 2 bridgehead atoms. The average Bonchev–Trinajstić information content (AvgIpc) is 2.36. The first-order valence-corrected chi connectivity index (χ1v) is 4.65. The molecule has 11 heavy (non-hydrogen) atoms. The van der Waals surface area contributed by atoms with Crippen LogP contribution < -0.4 is 0 Å². The maximum absolute atomic E-state index is 10.0. The smallest absolute Gasteiger partial charge is 0.0647 e. The quantitative estimate of drug-likeness (QED) is 0.567. The highest BCUT2D eigenvalue weighted by atomic mass is 16.3. The van der Waals surface area contributed by atoms with E-state index in [9.17, 15) is 5.11 Å². The molecule has 0 saturated heterocycles. The third-order valence-corrected chi connectivity index (χ3v) is 4.19. The number of aliphatic hydroxyl groups excluding tert-OH is 1. The summed E-state index contributed by atoms with van der Waals surface area (Å²) >= 11 is 0. The van der Waals surface area contributed by atoms with Crippen molar-refractivity contribution in [3.8, 4) is 0 Å². The van der Waals surface area contributed by atoms with Crippen LogP contribution in [0.1, 0.15) is 40.0 Å². The zero-order valence-electron chi connectivity index (χ0n) is 7.72. The Morgan fingerprint density at radius 2 is 1.91 bits per heavy atom. The van der Waals surface area contributed by atoms with Crippen molar-refractivity contribution < 1.29 is 5.11 Å². The molecule has 2 rings (SSSR count). The Morgan fingerprint density at radius 1 is 1.27 bits per heavy atom. The van der Waals surface area contributed by atoms with Crippen LogP contribution in [0.15, 0.2) is 0 Å². The Balaban J connectivity index is 2.34. The SMILES string of the molecule is CC1(C)[C@H]2CC[C@](C)(C2)[C@@H]1O. The second-order valence-electron chi connectivity index (χ2n) is 5.32. The molecule has 0 aromatic carbocycles. The fourth-order valence-corrected chi connectivity index (χ4v) is 3.28. The van der Waals surface area contributed by atoms with E-state index in [4.69, 9.17) is 0 Å². The summed E-state index contributed by atoms with van der Waals surface area (Å²) in [6.45, 7) is 6.67. The van der Waals surface area contributed by atoms with Crippen LogP contribution in [-0.2, 0) is 0 Å². The molecule has 0 radical (unpaired) electrons. The van der Waals surface area contributed by atoms with Crippen LogP contribution in [0, 0.1) is 16.7 Å². The van der Waals surface area contributed by atoms with Crippen molar-refractivity contribution in [1.29, 1.82) is 0 Å². The number of fused-ring (bicyclic) bond motifs is 2. The summed E-state index contributed by atoms with van der Waals surface area (Å²) in [4.78, 5) is 0. The van der Waals surface area contributed by atoms with Gasteiger partial charge in [-0.15, -0.1) is 0 Å². The molecule has 1 heteroatoms. The second kappa shape index (κ2) is 1.82. The van der Waals surface area contributed by atoms with Crippen LogP contribution >= 0.6 is 0 Å². The van der Waals surface area contributed by atoms with Gasteiger partial charge in [0.15, 0.2) is 0 Å². The minimum Gasteiger partial charge on any atom is -0.392 e. The summed E-state index contributed by atoms with van der Waals surface area (Å²) in [6, 6.07) is 0. The van der Waals surface area contributed by atoms with Crippen molar-refractivity contribution in [1.82, 2.24) is 0 Å². The summed E-state index contributed by atoms with van der Waals surface area (Å²) in [5, 5.41) is 10.0. The van der Waals surface area contributed by atoms with Gasteiger partial charge in [0.05, 0.1) is 6.10 Å². The highest BCUT2D eigenvalue weighted by molar-refractivity contribution is 5.08. The Bertz CT molecular complexity index is 181. The standard InChI is InChI=1S/C10H18O/c1-9(2)7-4-5-10(3,6-7)8(9)11/h7-8,11H,4-6H2,1-3H3/t7-,8+,10+/m0/s1. The second-order valence-corrected chi connectivity index (χ2v) is 5.32. The minimum atomic E-state index is -0.0613. The topological polar surface area (TPSA) is 20.2 Å². The first-order chi connectivity index (χ1) is 4.97. The number of rotatable bonds is 0. The van der Waals surface area contributed by atoms with Crippen LogP contribution in [0.4, 0.5) is 0 Å². The predicted octanol–water partition coefficient (Wildman–Crippen LogP) is 2.19. The molecule has 1 nitrogen and oxygen atoms in total. The van der Waals surface area contributed by atoms with Crippen molar-refractivity contribution in [3.63, 3.8) is 0 Å². The van der Waals surface area contributed by atoms with Gasteiger partial charge in [-0.1, -0.05) is 20.8 Å². The number of hydrogen-bond acceptors (Lipinski definition) is 1. The molecule has 3 atom stereocenters. The molecule has 2 aliphatic rings. The van der Waals surface area contributed by atoms with Crippen molar-refractivity contribution in [2.45, 2.75) is 46.1 Å². The Hall–Kier alpha value is -0.0400. The monoisotopic (exact) mass is 154 g/mol. The largest absolute Gasteiger partial charge is 0.392 e. The molecular formula is C10H18O. The van der Waals surface area contributed by atoms with Crippen molar-refractivity contribution >= 4 is 0 Å². The van der Waals surface area contributed by atoms with Gasteiger partial charge in [0, 0.05) is 0 Å². The summed E-state index contributed by atoms with van der Waals surface area (Å²) in [5.41, 5.74) is 0.446. The first kappa shape index (κ1) is 7.60. The number of aliphatic hydroxyl groups is 1. The van der Waals surface area contributed by atoms with Gasteiger partial charge < -0.3 is 5.11 Å². The predicted molar refractivity (Wildman–Crippen MR) is 45.2 cm³/mol. The van der Waals surface area contributed by atoms with Gasteiger partial charge in [-0.3, -0.25) is 0 Å². The van der Waals surface area contributed by atoms with E-state index in [1.54, 1.807) is 0 Å². The van der Waals surface area contributed by atoms with Gasteiger partial charge in [-0.25, -0.2) is 0 Å². The lowest BCUT2D eigenvalue weighted by Gasteiger charge is -2.38. The van der Waals surface area contributed by atoms with Gasteiger partial charge in [-0.05, 0) is 36.0 Å². The summed E-state index contributed by atoms with van der Waals surface area (Å²) < 4.78 is 0. The summed E-state index contributed by atoms with van der Waals surface area (Å²) in [7, 11) is 0. The lowest BCUT2D eigenvalue weighted by molar-refractivity contribution is -0.0340. The molecule has 0 spiro atoms. The van der Waals surface area contributed by atoms with Crippen LogP contribution in [0.2, 0.25) is 0 Å². The Labute approximate surface area is 68.8 Å². The maximum atomic E-state index is 10.0. The zero-order valence-corrected chi connectivity index (χ0v) is 7.72. The molecule has 2 saturated carbocycles. The summed E-state index contributed by atoms with van der Waals surface area (Å²) in [6.07, 6.45) is 3.76. The fourth-order valence-electron chi connectivity index (χ4n) is 3.28. The van der Waals surface area contributed by atoms with Crippen LogP contribution in [-0.4, -0.2) is 11.2 Å². The maximum Gasteiger partial charge on any atom is 0.0647 e. The van der Waals surface area contributed by atoms with E-state index >= 15 is 0 Å². The third kappa shape index (κ3) is 0.752. The molecule has 1 N–H and O–H groups in total. The minimum absolute atomic E-state index is 0.0613. The fraction of sp³-hybridized carbons (Fsp3) is 1.00. The van der Waals surface area contributed by atoms with Crippen LogP contribution in [0.25, 0.3) is 0 Å². The van der Waals surface area contributed by atoms with E-state index in [-0.39, 0.29) is 16.9 Å². The number of hydrogen-bond donors (Lipinski definition) is 1. The van der Waals surface area contributed by atoms with Gasteiger partial charge in [0.25, 0.3) is 0 Å². The molecule has 0 unspecified atom stereocenters. The Kier molecular flexibility index (Phi) is 1.26. The van der Waals surface area contributed by atoms with Gasteiger partial charge in [0.1, 0.15) is 0 Å². The molecule has 0 aliphatic heterocycles. The molecule has 0 heterocycles. The molecule has 2 aliphatic carbocycles. The molecule has 2 fully saturated rings. The molecule has 0 aromatic heterocycles. The van der Waals surface area contributed by atoms with Crippen LogP contribution in [0.3, 0.4) is 0 Å². The van der Waals surface area contributed by atoms with E-state index < -0.39 is 0 Å². The van der Waals surface area contributed by atoms with E-state index in [0.29, 0.717) is 0 Å². The molecule has 64 valence electrons. The van der Waals surface area contributed by atoms with Crippen LogP contribution in [0.5, 0.6) is 0 Å². The Morgan fingerprint density at radius 3 is 2.18 bits per heavy atom. The third-order valence-electron chi connectivity index (χ3n) is 4.19. The normalized spacial score (nSPS) is 53.5.